The summed E-state index contributed by atoms with van der Waals surface area (Å²) < 4.78 is 0. The molecular formula is C13H19N3. The minimum Gasteiger partial charge on any atom is -0.261 e. The summed E-state index contributed by atoms with van der Waals surface area (Å²) >= 11 is 0. The summed E-state index contributed by atoms with van der Waals surface area (Å²) in [4.78, 5) is 4.59. The fourth-order valence-corrected chi connectivity index (χ4v) is 1.86. The van der Waals surface area contributed by atoms with Gasteiger partial charge in [-0.3, -0.25) is 5.10 Å². The van der Waals surface area contributed by atoms with Gasteiger partial charge >= 0.3 is 0 Å². The first kappa shape index (κ1) is 11.1. The predicted molar refractivity (Wildman–Crippen MR) is 66.7 cm³/mol. The maximum Gasteiger partial charge on any atom is 0.155 e. The molecule has 3 nitrogen and oxygen atoms in total. The highest BCUT2D eigenvalue weighted by Crippen LogP contribution is 2.30. The van der Waals surface area contributed by atoms with E-state index in [2.05, 4.69) is 55.9 Å². The van der Waals surface area contributed by atoms with Crippen molar-refractivity contribution < 1.29 is 0 Å². The molecule has 0 saturated heterocycles. The van der Waals surface area contributed by atoms with E-state index in [1.165, 1.54) is 5.56 Å². The van der Waals surface area contributed by atoms with Crippen molar-refractivity contribution in [2.24, 2.45) is 0 Å². The van der Waals surface area contributed by atoms with Crippen LogP contribution in [0.3, 0.4) is 0 Å². The molecule has 1 N–H and O–H groups in total. The van der Waals surface area contributed by atoms with Crippen molar-refractivity contribution in [1.29, 1.82) is 0 Å². The molecule has 0 spiro atoms. The molecule has 0 aliphatic rings. The fraction of sp³-hybridized carbons (Fsp3) is 0.538. The SMILES string of the molecule is CC(C)c1cc(C(C)(C)C)c2cn[nH]c2n1. The highest BCUT2D eigenvalue weighted by molar-refractivity contribution is 5.79. The highest BCUT2D eigenvalue weighted by atomic mass is 15.1. The van der Waals surface area contributed by atoms with Gasteiger partial charge in [0, 0.05) is 11.1 Å². The number of hydrogen-bond acceptors (Lipinski definition) is 2. The van der Waals surface area contributed by atoms with E-state index in [9.17, 15) is 0 Å². The van der Waals surface area contributed by atoms with Crippen LogP contribution in [0.25, 0.3) is 11.0 Å². The molecule has 2 heterocycles. The van der Waals surface area contributed by atoms with Crippen molar-refractivity contribution in [3.63, 3.8) is 0 Å². The van der Waals surface area contributed by atoms with Crippen LogP contribution in [0.1, 0.15) is 51.8 Å². The third kappa shape index (κ3) is 1.82. The number of fused-ring (bicyclic) bond motifs is 1. The molecule has 0 aliphatic carbocycles. The third-order valence-electron chi connectivity index (χ3n) is 2.84. The van der Waals surface area contributed by atoms with Crippen LogP contribution in [0.5, 0.6) is 0 Å². The Kier molecular flexibility index (Phi) is 2.49. The molecule has 2 aromatic rings. The number of nitrogens with zero attached hydrogens (tertiary/aromatic N) is 2. The molecule has 0 saturated carbocycles. The average molecular weight is 217 g/mol. The van der Waals surface area contributed by atoms with Gasteiger partial charge in [-0.1, -0.05) is 34.6 Å². The van der Waals surface area contributed by atoms with E-state index in [0.29, 0.717) is 5.92 Å². The number of nitrogens with one attached hydrogen (secondary N) is 1. The van der Waals surface area contributed by atoms with Crippen molar-refractivity contribution in [2.45, 2.75) is 46.0 Å². The Morgan fingerprint density at radius 2 is 1.94 bits per heavy atom. The maximum absolute atomic E-state index is 4.59. The van der Waals surface area contributed by atoms with Crippen LogP contribution in [0.2, 0.25) is 0 Å². The summed E-state index contributed by atoms with van der Waals surface area (Å²) in [6, 6.07) is 2.21. The van der Waals surface area contributed by atoms with Crippen LogP contribution >= 0.6 is 0 Å². The zero-order chi connectivity index (χ0) is 11.9. The van der Waals surface area contributed by atoms with Crippen molar-refractivity contribution in [1.82, 2.24) is 15.2 Å². The smallest absolute Gasteiger partial charge is 0.155 e. The molecule has 2 rings (SSSR count). The molecule has 0 radical (unpaired) electrons. The van der Waals surface area contributed by atoms with Crippen LogP contribution < -0.4 is 0 Å². The number of aromatic amines is 1. The van der Waals surface area contributed by atoms with Crippen LogP contribution in [0.15, 0.2) is 12.3 Å². The lowest BCUT2D eigenvalue weighted by molar-refractivity contribution is 0.593. The average Bonchev–Trinajstić information content (AvgIpc) is 2.61. The van der Waals surface area contributed by atoms with Gasteiger partial charge in [0.1, 0.15) is 0 Å². The van der Waals surface area contributed by atoms with Gasteiger partial charge in [0.05, 0.1) is 6.20 Å². The monoisotopic (exact) mass is 217 g/mol. The van der Waals surface area contributed by atoms with Crippen LogP contribution in [-0.4, -0.2) is 15.2 Å². The first-order valence-corrected chi connectivity index (χ1v) is 5.74. The van der Waals surface area contributed by atoms with Gasteiger partial charge < -0.3 is 0 Å². The molecule has 2 aromatic heterocycles. The van der Waals surface area contributed by atoms with Crippen LogP contribution in [0.4, 0.5) is 0 Å². The Morgan fingerprint density at radius 1 is 1.25 bits per heavy atom. The summed E-state index contributed by atoms with van der Waals surface area (Å²) in [6.45, 7) is 11.0. The molecule has 0 amide bonds. The minimum absolute atomic E-state index is 0.120. The van der Waals surface area contributed by atoms with E-state index < -0.39 is 0 Å². The number of H-pyrrole nitrogens is 1. The third-order valence-corrected chi connectivity index (χ3v) is 2.84. The molecule has 0 fully saturated rings. The minimum atomic E-state index is 0.120. The van der Waals surface area contributed by atoms with Gasteiger partial charge in [0.2, 0.25) is 0 Å². The van der Waals surface area contributed by atoms with Crippen molar-refractivity contribution in [3.05, 3.63) is 23.5 Å². The lowest BCUT2D eigenvalue weighted by atomic mass is 9.84. The Bertz CT molecular complexity index is 503. The van der Waals surface area contributed by atoms with Gasteiger partial charge in [0.25, 0.3) is 0 Å². The van der Waals surface area contributed by atoms with Crippen molar-refractivity contribution in [3.8, 4) is 0 Å². The van der Waals surface area contributed by atoms with E-state index in [-0.39, 0.29) is 5.41 Å². The van der Waals surface area contributed by atoms with Gasteiger partial charge in [-0.25, -0.2) is 4.98 Å². The molecule has 0 unspecified atom stereocenters. The molecule has 0 aromatic carbocycles. The normalized spacial score (nSPS) is 12.6. The zero-order valence-corrected chi connectivity index (χ0v) is 10.6. The Balaban J connectivity index is 2.74. The van der Waals surface area contributed by atoms with E-state index in [1.807, 2.05) is 6.20 Å². The maximum atomic E-state index is 4.59. The van der Waals surface area contributed by atoms with E-state index in [0.717, 1.165) is 16.7 Å². The van der Waals surface area contributed by atoms with Crippen molar-refractivity contribution >= 4 is 11.0 Å². The summed E-state index contributed by atoms with van der Waals surface area (Å²) in [7, 11) is 0. The lowest BCUT2D eigenvalue weighted by Gasteiger charge is -2.21. The van der Waals surface area contributed by atoms with E-state index in [4.69, 9.17) is 0 Å². The second-order valence-electron chi connectivity index (χ2n) is 5.63. The standard InChI is InChI=1S/C13H19N3/c1-8(2)11-6-10(13(3,4)5)9-7-14-16-12(9)15-11/h6-8H,1-5H3,(H,14,15,16). The molecule has 0 atom stereocenters. The largest absolute Gasteiger partial charge is 0.261 e. The quantitative estimate of drug-likeness (QED) is 0.795. The second kappa shape index (κ2) is 3.58. The highest BCUT2D eigenvalue weighted by Gasteiger charge is 2.20. The van der Waals surface area contributed by atoms with Gasteiger partial charge in [0.15, 0.2) is 5.65 Å². The second-order valence-corrected chi connectivity index (χ2v) is 5.63. The van der Waals surface area contributed by atoms with Gasteiger partial charge in [-0.05, 0) is 23.0 Å². The number of rotatable bonds is 1. The zero-order valence-electron chi connectivity index (χ0n) is 10.6. The Morgan fingerprint density at radius 3 is 2.50 bits per heavy atom. The van der Waals surface area contributed by atoms with Gasteiger partial charge in [-0.15, -0.1) is 0 Å². The van der Waals surface area contributed by atoms with E-state index in [1.54, 1.807) is 0 Å². The lowest BCUT2D eigenvalue weighted by Crippen LogP contribution is -2.13. The predicted octanol–water partition coefficient (Wildman–Crippen LogP) is 3.38. The first-order chi connectivity index (χ1) is 7.39. The molecule has 86 valence electrons. The number of hydrogen-bond donors (Lipinski definition) is 1. The molecule has 3 heteroatoms. The molecule has 0 aliphatic heterocycles. The number of aromatic nitrogens is 3. The molecule has 16 heavy (non-hydrogen) atoms. The number of pyridine rings is 1. The summed E-state index contributed by atoms with van der Waals surface area (Å²) in [6.07, 6.45) is 1.87. The molecule has 0 bridgehead atoms. The summed E-state index contributed by atoms with van der Waals surface area (Å²) in [5.41, 5.74) is 3.46. The van der Waals surface area contributed by atoms with E-state index >= 15 is 0 Å². The Labute approximate surface area is 96.3 Å². The molecular weight excluding hydrogens is 198 g/mol. The summed E-state index contributed by atoms with van der Waals surface area (Å²) in [5, 5.41) is 8.19. The van der Waals surface area contributed by atoms with Crippen LogP contribution in [-0.2, 0) is 5.41 Å². The van der Waals surface area contributed by atoms with Gasteiger partial charge in [-0.2, -0.15) is 5.10 Å². The first-order valence-electron chi connectivity index (χ1n) is 5.74. The Hall–Kier alpha value is -1.38. The fourth-order valence-electron chi connectivity index (χ4n) is 1.86. The summed E-state index contributed by atoms with van der Waals surface area (Å²) in [5.74, 6) is 0.439. The van der Waals surface area contributed by atoms with Crippen molar-refractivity contribution in [2.75, 3.05) is 0 Å². The topological polar surface area (TPSA) is 41.6 Å². The van der Waals surface area contributed by atoms with Crippen LogP contribution in [0, 0.1) is 0 Å².